The van der Waals surface area contributed by atoms with Crippen LogP contribution in [0.1, 0.15) is 21.5 Å². The van der Waals surface area contributed by atoms with E-state index in [1.165, 1.54) is 5.56 Å². The average molecular weight is 307 g/mol. The number of hydrogen-bond acceptors (Lipinski definition) is 3. The zero-order valence-electron chi connectivity index (χ0n) is 12.8. The minimum atomic E-state index is -0.204. The Kier molecular flexibility index (Phi) is 3.37. The summed E-state index contributed by atoms with van der Waals surface area (Å²) in [6.07, 6.45) is 0. The third-order valence-corrected chi connectivity index (χ3v) is 4.18. The quantitative estimate of drug-likeness (QED) is 0.697. The summed E-state index contributed by atoms with van der Waals surface area (Å²) in [6.45, 7) is 1.18. The van der Waals surface area contributed by atoms with E-state index in [-0.39, 0.29) is 5.91 Å². The van der Waals surface area contributed by atoms with Crippen LogP contribution in [0.15, 0.2) is 42.5 Å². The molecule has 3 aromatic rings. The summed E-state index contributed by atoms with van der Waals surface area (Å²) in [5.74, 6) is -0.204. The fourth-order valence-corrected chi connectivity index (χ4v) is 3.12. The van der Waals surface area contributed by atoms with Crippen molar-refractivity contribution in [2.24, 2.45) is 0 Å². The van der Waals surface area contributed by atoms with Gasteiger partial charge in [-0.15, -0.1) is 0 Å². The molecule has 1 aromatic heterocycles. The fraction of sp³-hybridized carbons (Fsp3) is 0.167. The zero-order chi connectivity index (χ0) is 15.8. The summed E-state index contributed by atoms with van der Waals surface area (Å²) < 4.78 is 0. The maximum atomic E-state index is 12.1. The first-order chi connectivity index (χ1) is 11.3. The SMILES string of the molecule is CNCc1ccc(-c2[nH]c3cccc4c3c2CONC4=O)cc1. The van der Waals surface area contributed by atoms with Gasteiger partial charge in [0.1, 0.15) is 6.61 Å². The molecular weight excluding hydrogens is 290 g/mol. The van der Waals surface area contributed by atoms with E-state index >= 15 is 0 Å². The predicted octanol–water partition coefficient (Wildman–Crippen LogP) is 2.73. The molecule has 0 unspecified atom stereocenters. The molecule has 3 N–H and O–H groups in total. The van der Waals surface area contributed by atoms with E-state index in [0.717, 1.165) is 34.3 Å². The zero-order valence-corrected chi connectivity index (χ0v) is 12.8. The summed E-state index contributed by atoms with van der Waals surface area (Å²) in [4.78, 5) is 20.9. The molecule has 4 rings (SSSR count). The monoisotopic (exact) mass is 307 g/mol. The molecule has 1 amide bonds. The third kappa shape index (κ3) is 2.30. The van der Waals surface area contributed by atoms with Crippen LogP contribution in [0, 0.1) is 0 Å². The Morgan fingerprint density at radius 1 is 1.17 bits per heavy atom. The van der Waals surface area contributed by atoms with Gasteiger partial charge in [0.25, 0.3) is 5.91 Å². The van der Waals surface area contributed by atoms with Gasteiger partial charge >= 0.3 is 0 Å². The molecule has 0 fully saturated rings. The van der Waals surface area contributed by atoms with Crippen molar-refractivity contribution in [3.63, 3.8) is 0 Å². The second-order valence-corrected chi connectivity index (χ2v) is 5.65. The maximum Gasteiger partial charge on any atom is 0.275 e. The van der Waals surface area contributed by atoms with Crippen LogP contribution in [0.3, 0.4) is 0 Å². The van der Waals surface area contributed by atoms with Gasteiger partial charge in [-0.2, -0.15) is 0 Å². The molecule has 0 saturated heterocycles. The summed E-state index contributed by atoms with van der Waals surface area (Å²) >= 11 is 0. The predicted molar refractivity (Wildman–Crippen MR) is 88.8 cm³/mol. The molecule has 0 radical (unpaired) electrons. The van der Waals surface area contributed by atoms with Gasteiger partial charge in [0.2, 0.25) is 0 Å². The van der Waals surface area contributed by atoms with Gasteiger partial charge in [0.05, 0.1) is 11.3 Å². The lowest BCUT2D eigenvalue weighted by molar-refractivity contribution is 0.0256. The highest BCUT2D eigenvalue weighted by atomic mass is 16.6. The van der Waals surface area contributed by atoms with Gasteiger partial charge in [0, 0.05) is 23.0 Å². The summed E-state index contributed by atoms with van der Waals surface area (Å²) in [7, 11) is 1.93. The smallest absolute Gasteiger partial charge is 0.275 e. The maximum absolute atomic E-state index is 12.1. The second kappa shape index (κ2) is 5.53. The van der Waals surface area contributed by atoms with Crippen LogP contribution in [0.2, 0.25) is 0 Å². The van der Waals surface area contributed by atoms with Gasteiger partial charge in [-0.1, -0.05) is 30.3 Å². The number of benzene rings is 2. The average Bonchev–Trinajstić information content (AvgIpc) is 2.85. The molecule has 5 heteroatoms. The van der Waals surface area contributed by atoms with E-state index in [4.69, 9.17) is 4.84 Å². The molecule has 2 heterocycles. The van der Waals surface area contributed by atoms with E-state index in [0.29, 0.717) is 12.2 Å². The molecule has 2 aromatic carbocycles. The van der Waals surface area contributed by atoms with Crippen molar-refractivity contribution in [3.05, 3.63) is 59.2 Å². The van der Waals surface area contributed by atoms with Gasteiger partial charge in [0.15, 0.2) is 0 Å². The largest absolute Gasteiger partial charge is 0.354 e. The number of hydrogen-bond donors (Lipinski definition) is 3. The van der Waals surface area contributed by atoms with Crippen LogP contribution < -0.4 is 10.8 Å². The number of rotatable bonds is 3. The standard InChI is InChI=1S/C18H17N3O2/c1-19-9-11-5-7-12(8-6-11)17-14-10-23-21-18(22)13-3-2-4-15(20-17)16(13)14/h2-8,19-20H,9-10H2,1H3,(H,21,22). The molecule has 0 saturated carbocycles. The summed E-state index contributed by atoms with van der Waals surface area (Å²) in [5.41, 5.74) is 8.40. The molecule has 23 heavy (non-hydrogen) atoms. The number of hydroxylamine groups is 1. The number of nitrogens with one attached hydrogen (secondary N) is 3. The van der Waals surface area contributed by atoms with Gasteiger partial charge in [-0.3, -0.25) is 9.63 Å². The third-order valence-electron chi connectivity index (χ3n) is 4.18. The number of carbonyl (C=O) groups excluding carboxylic acids is 1. The van der Waals surface area contributed by atoms with Gasteiger partial charge < -0.3 is 10.3 Å². The van der Waals surface area contributed by atoms with Crippen LogP contribution in [0.5, 0.6) is 0 Å². The Morgan fingerprint density at radius 2 is 2.00 bits per heavy atom. The Morgan fingerprint density at radius 3 is 2.78 bits per heavy atom. The molecule has 0 spiro atoms. The van der Waals surface area contributed by atoms with Crippen LogP contribution in [0.4, 0.5) is 0 Å². The van der Waals surface area contributed by atoms with Crippen molar-refractivity contribution >= 4 is 16.8 Å². The Labute approximate surface area is 133 Å². The highest BCUT2D eigenvalue weighted by molar-refractivity contribution is 6.09. The molecule has 116 valence electrons. The number of aromatic nitrogens is 1. The first-order valence-electron chi connectivity index (χ1n) is 7.57. The van der Waals surface area contributed by atoms with Crippen molar-refractivity contribution in [2.75, 3.05) is 7.05 Å². The number of aromatic amines is 1. The topological polar surface area (TPSA) is 66.2 Å². The highest BCUT2D eigenvalue weighted by Crippen LogP contribution is 2.34. The summed E-state index contributed by atoms with van der Waals surface area (Å²) in [6, 6.07) is 14.1. The molecule has 0 aliphatic carbocycles. The van der Waals surface area contributed by atoms with E-state index in [1.54, 1.807) is 0 Å². The van der Waals surface area contributed by atoms with Crippen molar-refractivity contribution < 1.29 is 9.63 Å². The van der Waals surface area contributed by atoms with Crippen LogP contribution in [0.25, 0.3) is 22.2 Å². The molecular formula is C18H17N3O2. The van der Waals surface area contributed by atoms with Gasteiger partial charge in [-0.25, -0.2) is 5.48 Å². The summed E-state index contributed by atoms with van der Waals surface area (Å²) in [5, 5.41) is 4.08. The Hall–Kier alpha value is -2.63. The van der Waals surface area contributed by atoms with Crippen molar-refractivity contribution in [2.45, 2.75) is 13.2 Å². The van der Waals surface area contributed by atoms with Crippen LogP contribution in [-0.2, 0) is 18.0 Å². The molecule has 5 nitrogen and oxygen atoms in total. The lowest BCUT2D eigenvalue weighted by Gasteiger charge is -2.06. The van der Waals surface area contributed by atoms with E-state index < -0.39 is 0 Å². The number of carbonyl (C=O) groups is 1. The first-order valence-corrected chi connectivity index (χ1v) is 7.57. The minimum Gasteiger partial charge on any atom is -0.354 e. The number of amides is 1. The molecule has 0 atom stereocenters. The van der Waals surface area contributed by atoms with Crippen LogP contribution in [-0.4, -0.2) is 17.9 Å². The Balaban J connectivity index is 1.89. The molecule has 1 aliphatic rings. The highest BCUT2D eigenvalue weighted by Gasteiger charge is 2.22. The Bertz CT molecular complexity index is 881. The second-order valence-electron chi connectivity index (χ2n) is 5.65. The lowest BCUT2D eigenvalue weighted by Crippen LogP contribution is -2.21. The van der Waals surface area contributed by atoms with Gasteiger partial charge in [-0.05, 0) is 30.3 Å². The fourth-order valence-electron chi connectivity index (χ4n) is 3.12. The van der Waals surface area contributed by atoms with E-state index in [2.05, 4.69) is 40.0 Å². The van der Waals surface area contributed by atoms with Crippen molar-refractivity contribution in [1.82, 2.24) is 15.8 Å². The lowest BCUT2D eigenvalue weighted by atomic mass is 10.0. The first kappa shape index (κ1) is 14.0. The van der Waals surface area contributed by atoms with E-state index in [9.17, 15) is 4.79 Å². The normalized spacial score (nSPS) is 13.9. The molecule has 0 bridgehead atoms. The van der Waals surface area contributed by atoms with Crippen molar-refractivity contribution in [3.8, 4) is 11.3 Å². The molecule has 1 aliphatic heterocycles. The minimum absolute atomic E-state index is 0.204. The van der Waals surface area contributed by atoms with E-state index in [1.807, 2.05) is 25.2 Å². The van der Waals surface area contributed by atoms with Crippen molar-refractivity contribution in [1.29, 1.82) is 0 Å². The number of H-pyrrole nitrogens is 1. The van der Waals surface area contributed by atoms with Crippen LogP contribution >= 0.6 is 0 Å².